The molecule has 2 aliphatic heterocycles. The first kappa shape index (κ1) is 7.93. The molecule has 0 amide bonds. The average molecular weight is 171 g/mol. The first-order valence-corrected chi connectivity index (χ1v) is 5.90. The molecule has 2 heterocycles. The highest BCUT2D eigenvalue weighted by atomic mass is 32.2. The van der Waals surface area contributed by atoms with Crippen molar-refractivity contribution >= 4 is 11.8 Å². The van der Waals surface area contributed by atoms with Crippen LogP contribution in [0, 0.1) is 0 Å². The molecule has 0 saturated carbocycles. The van der Waals surface area contributed by atoms with Gasteiger partial charge >= 0.3 is 0 Å². The van der Waals surface area contributed by atoms with Gasteiger partial charge in [-0.1, -0.05) is 19.3 Å². The molecule has 0 radical (unpaired) electrons. The van der Waals surface area contributed by atoms with E-state index in [9.17, 15) is 0 Å². The summed E-state index contributed by atoms with van der Waals surface area (Å²) in [6.07, 6.45) is 7.18. The van der Waals surface area contributed by atoms with E-state index >= 15 is 0 Å². The van der Waals surface area contributed by atoms with Gasteiger partial charge < -0.3 is 5.32 Å². The highest BCUT2D eigenvalue weighted by Gasteiger charge is 2.36. The summed E-state index contributed by atoms with van der Waals surface area (Å²) in [7, 11) is 0. The third-order valence-electron chi connectivity index (χ3n) is 2.84. The maximum Gasteiger partial charge on any atom is 0.0362 e. The normalized spacial score (nSPS) is 30.5. The molecule has 1 nitrogen and oxygen atoms in total. The Morgan fingerprint density at radius 3 is 2.55 bits per heavy atom. The predicted molar refractivity (Wildman–Crippen MR) is 51.1 cm³/mol. The summed E-state index contributed by atoms with van der Waals surface area (Å²) in [4.78, 5) is 0. The van der Waals surface area contributed by atoms with E-state index in [1.54, 1.807) is 0 Å². The molecule has 2 heteroatoms. The van der Waals surface area contributed by atoms with Crippen molar-refractivity contribution in [2.45, 2.75) is 37.6 Å². The minimum Gasteiger partial charge on any atom is -0.310 e. The highest BCUT2D eigenvalue weighted by molar-refractivity contribution is 8.00. The van der Waals surface area contributed by atoms with Crippen LogP contribution in [0.15, 0.2) is 0 Å². The molecule has 2 saturated heterocycles. The summed E-state index contributed by atoms with van der Waals surface area (Å²) >= 11 is 2.10. The number of rotatable bonds is 0. The molecular formula is C9H17NS. The topological polar surface area (TPSA) is 12.0 Å². The second kappa shape index (κ2) is 3.36. The molecule has 2 rings (SSSR count). The van der Waals surface area contributed by atoms with Gasteiger partial charge in [0.15, 0.2) is 0 Å². The fraction of sp³-hybridized carbons (Fsp3) is 1.00. The summed E-state index contributed by atoms with van der Waals surface area (Å²) < 4.78 is 0. The van der Waals surface area contributed by atoms with Gasteiger partial charge in [0.05, 0.1) is 0 Å². The van der Waals surface area contributed by atoms with Gasteiger partial charge in [-0.05, 0) is 19.4 Å². The zero-order valence-electron chi connectivity index (χ0n) is 7.07. The van der Waals surface area contributed by atoms with Crippen LogP contribution >= 0.6 is 11.8 Å². The van der Waals surface area contributed by atoms with Crippen molar-refractivity contribution in [2.75, 3.05) is 18.1 Å². The van der Waals surface area contributed by atoms with E-state index in [0.717, 1.165) is 0 Å². The molecule has 64 valence electrons. The lowest BCUT2D eigenvalue weighted by Crippen LogP contribution is -2.56. The van der Waals surface area contributed by atoms with Crippen LogP contribution in [0.2, 0.25) is 0 Å². The Morgan fingerprint density at radius 1 is 1.00 bits per heavy atom. The monoisotopic (exact) mass is 171 g/mol. The Labute approximate surface area is 73.3 Å². The van der Waals surface area contributed by atoms with Crippen LogP contribution in [-0.4, -0.2) is 23.6 Å². The zero-order chi connectivity index (χ0) is 7.57. The molecule has 2 aliphatic rings. The Hall–Kier alpha value is 0.310. The number of thioether (sulfide) groups is 1. The first-order valence-electron chi connectivity index (χ1n) is 4.74. The average Bonchev–Trinajstić information content (AvgIpc) is 1.82. The van der Waals surface area contributed by atoms with E-state index in [4.69, 9.17) is 0 Å². The van der Waals surface area contributed by atoms with Gasteiger partial charge in [-0.2, -0.15) is 11.8 Å². The summed E-state index contributed by atoms with van der Waals surface area (Å²) in [6.45, 7) is 1.26. The fourth-order valence-corrected chi connectivity index (χ4v) is 3.17. The molecule has 2 fully saturated rings. The van der Waals surface area contributed by atoms with Crippen molar-refractivity contribution in [3.8, 4) is 0 Å². The summed E-state index contributed by atoms with van der Waals surface area (Å²) in [5.74, 6) is 2.74. The van der Waals surface area contributed by atoms with Crippen LogP contribution < -0.4 is 5.32 Å². The summed E-state index contributed by atoms with van der Waals surface area (Å²) in [5.41, 5.74) is 0.588. The van der Waals surface area contributed by atoms with Gasteiger partial charge in [-0.25, -0.2) is 0 Å². The van der Waals surface area contributed by atoms with Gasteiger partial charge in [0.25, 0.3) is 0 Å². The van der Waals surface area contributed by atoms with Gasteiger partial charge in [0.1, 0.15) is 0 Å². The Morgan fingerprint density at radius 2 is 1.82 bits per heavy atom. The maximum atomic E-state index is 3.71. The van der Waals surface area contributed by atoms with Crippen LogP contribution in [0.25, 0.3) is 0 Å². The SMILES string of the molecule is C1CCCC2(CSC2)NCC1. The molecule has 0 aliphatic carbocycles. The van der Waals surface area contributed by atoms with Gasteiger partial charge in [0.2, 0.25) is 0 Å². The van der Waals surface area contributed by atoms with Crippen molar-refractivity contribution < 1.29 is 0 Å². The molecule has 0 aromatic heterocycles. The summed E-state index contributed by atoms with van der Waals surface area (Å²) in [5, 5.41) is 3.71. The number of hydrogen-bond acceptors (Lipinski definition) is 2. The van der Waals surface area contributed by atoms with Crippen LogP contribution in [0.1, 0.15) is 32.1 Å². The Kier molecular flexibility index (Phi) is 2.42. The second-order valence-corrected chi connectivity index (χ2v) is 4.85. The third-order valence-corrected chi connectivity index (χ3v) is 4.35. The van der Waals surface area contributed by atoms with E-state index in [-0.39, 0.29) is 0 Å². The van der Waals surface area contributed by atoms with Crippen LogP contribution in [0.3, 0.4) is 0 Å². The minimum atomic E-state index is 0.588. The smallest absolute Gasteiger partial charge is 0.0362 e. The lowest BCUT2D eigenvalue weighted by Gasteiger charge is -2.43. The van der Waals surface area contributed by atoms with E-state index in [2.05, 4.69) is 17.1 Å². The number of nitrogens with one attached hydrogen (secondary N) is 1. The standard InChI is InChI=1S/C9H17NS/c1-2-4-6-10-9(5-3-1)7-11-8-9/h10H,1-8H2. The third kappa shape index (κ3) is 1.73. The first-order chi connectivity index (χ1) is 5.41. The molecule has 1 spiro atoms. The lowest BCUT2D eigenvalue weighted by molar-refractivity contribution is 0.321. The molecule has 0 aromatic rings. The van der Waals surface area contributed by atoms with Crippen LogP contribution in [0.5, 0.6) is 0 Å². The van der Waals surface area contributed by atoms with E-state index in [0.29, 0.717) is 5.54 Å². The largest absolute Gasteiger partial charge is 0.310 e. The molecular weight excluding hydrogens is 154 g/mol. The quantitative estimate of drug-likeness (QED) is 0.598. The van der Waals surface area contributed by atoms with Crippen molar-refractivity contribution in [1.82, 2.24) is 5.32 Å². The Balaban J connectivity index is 1.86. The maximum absolute atomic E-state index is 3.71. The molecule has 0 bridgehead atoms. The highest BCUT2D eigenvalue weighted by Crippen LogP contribution is 2.34. The Bertz CT molecular complexity index is 122. The van der Waals surface area contributed by atoms with Gasteiger partial charge in [-0.15, -0.1) is 0 Å². The minimum absolute atomic E-state index is 0.588. The van der Waals surface area contributed by atoms with Crippen molar-refractivity contribution in [1.29, 1.82) is 0 Å². The zero-order valence-corrected chi connectivity index (χ0v) is 7.88. The second-order valence-electron chi connectivity index (χ2n) is 3.86. The fourth-order valence-electron chi connectivity index (χ4n) is 1.98. The predicted octanol–water partition coefficient (Wildman–Crippen LogP) is 2.03. The molecule has 0 atom stereocenters. The van der Waals surface area contributed by atoms with Crippen molar-refractivity contribution in [3.05, 3.63) is 0 Å². The lowest BCUT2D eigenvalue weighted by atomic mass is 9.93. The summed E-state index contributed by atoms with van der Waals surface area (Å²) in [6, 6.07) is 0. The van der Waals surface area contributed by atoms with E-state index in [1.165, 1.54) is 50.2 Å². The molecule has 0 unspecified atom stereocenters. The molecule has 1 N–H and O–H groups in total. The molecule has 0 aromatic carbocycles. The van der Waals surface area contributed by atoms with Crippen molar-refractivity contribution in [3.63, 3.8) is 0 Å². The van der Waals surface area contributed by atoms with Crippen molar-refractivity contribution in [2.24, 2.45) is 0 Å². The number of hydrogen-bond donors (Lipinski definition) is 1. The van der Waals surface area contributed by atoms with Gasteiger partial charge in [0, 0.05) is 17.0 Å². The van der Waals surface area contributed by atoms with Crippen LogP contribution in [-0.2, 0) is 0 Å². The molecule has 11 heavy (non-hydrogen) atoms. The van der Waals surface area contributed by atoms with E-state index < -0.39 is 0 Å². The van der Waals surface area contributed by atoms with Crippen LogP contribution in [0.4, 0.5) is 0 Å². The van der Waals surface area contributed by atoms with Gasteiger partial charge in [-0.3, -0.25) is 0 Å². The van der Waals surface area contributed by atoms with E-state index in [1.807, 2.05) is 0 Å².